The number of nitrogens with zero attached hydrogens (tertiary/aromatic N) is 5. The lowest BCUT2D eigenvalue weighted by molar-refractivity contribution is 1.10. The molecule has 0 spiro atoms. The minimum atomic E-state index is 0.912. The van der Waals surface area contributed by atoms with Crippen molar-refractivity contribution in [3.63, 3.8) is 0 Å². The molecule has 0 amide bonds. The van der Waals surface area contributed by atoms with Gasteiger partial charge < -0.3 is 4.57 Å². The molecule has 0 radical (unpaired) electrons. The van der Waals surface area contributed by atoms with Crippen molar-refractivity contribution in [3.8, 4) is 39.6 Å². The maximum atomic E-state index is 5.44. The first-order valence-electron chi connectivity index (χ1n) is 16.5. The molecule has 0 saturated carbocycles. The molecule has 6 aromatic carbocycles. The van der Waals surface area contributed by atoms with Gasteiger partial charge >= 0.3 is 0 Å². The van der Waals surface area contributed by atoms with Gasteiger partial charge in [-0.25, -0.2) is 4.98 Å². The minimum absolute atomic E-state index is 0.912. The summed E-state index contributed by atoms with van der Waals surface area (Å²) >= 11 is 0. The van der Waals surface area contributed by atoms with Crippen LogP contribution in [-0.2, 0) is 0 Å². The van der Waals surface area contributed by atoms with E-state index >= 15 is 0 Å². The van der Waals surface area contributed by atoms with Crippen LogP contribution in [0.25, 0.3) is 83.4 Å². The first kappa shape index (κ1) is 27.4. The summed E-state index contributed by atoms with van der Waals surface area (Å²) in [7, 11) is 0. The molecule has 0 aliphatic heterocycles. The van der Waals surface area contributed by atoms with Crippen LogP contribution in [0.5, 0.6) is 0 Å². The Kier molecular flexibility index (Phi) is 6.11. The van der Waals surface area contributed by atoms with Crippen molar-refractivity contribution in [2.75, 3.05) is 0 Å². The minimum Gasteiger partial charge on any atom is -0.309 e. The number of hydrogen-bond donors (Lipinski definition) is 0. The van der Waals surface area contributed by atoms with Crippen LogP contribution in [-0.4, -0.2) is 23.7 Å². The van der Waals surface area contributed by atoms with Crippen molar-refractivity contribution in [3.05, 3.63) is 176 Å². The van der Waals surface area contributed by atoms with E-state index in [1.165, 1.54) is 16.3 Å². The monoisotopic (exact) mass is 627 g/mol. The van der Waals surface area contributed by atoms with Crippen LogP contribution in [0.1, 0.15) is 0 Å². The summed E-state index contributed by atoms with van der Waals surface area (Å²) in [6.07, 6.45) is 3.72. The molecule has 0 N–H and O–H groups in total. The second-order valence-corrected chi connectivity index (χ2v) is 12.3. The Morgan fingerprint density at radius 3 is 1.69 bits per heavy atom. The van der Waals surface area contributed by atoms with Gasteiger partial charge in [0.1, 0.15) is 11.3 Å². The lowest BCUT2D eigenvalue weighted by Gasteiger charge is -2.11. The van der Waals surface area contributed by atoms with Crippen LogP contribution in [0, 0.1) is 0 Å². The fourth-order valence-electron chi connectivity index (χ4n) is 7.36. The van der Waals surface area contributed by atoms with Crippen LogP contribution >= 0.6 is 0 Å². The number of rotatable bonds is 5. The van der Waals surface area contributed by atoms with Gasteiger partial charge in [-0.3, -0.25) is 14.1 Å². The van der Waals surface area contributed by atoms with Crippen LogP contribution in [0.15, 0.2) is 176 Å². The van der Waals surface area contributed by atoms with Gasteiger partial charge in [0.05, 0.1) is 16.6 Å². The number of hydrogen-bond acceptors (Lipinski definition) is 2. The van der Waals surface area contributed by atoms with E-state index in [4.69, 9.17) is 4.98 Å². The highest BCUT2D eigenvalue weighted by atomic mass is 15.2. The molecule has 0 aliphatic rings. The van der Waals surface area contributed by atoms with Crippen molar-refractivity contribution in [2.24, 2.45) is 0 Å². The molecule has 0 aliphatic carbocycles. The molecule has 0 fully saturated rings. The first-order chi connectivity index (χ1) is 24.3. The van der Waals surface area contributed by atoms with Gasteiger partial charge in [-0.1, -0.05) is 103 Å². The summed E-state index contributed by atoms with van der Waals surface area (Å²) in [5.41, 5.74) is 12.0. The van der Waals surface area contributed by atoms with E-state index in [1.807, 2.05) is 18.5 Å². The molecule has 0 saturated heterocycles. The highest BCUT2D eigenvalue weighted by molar-refractivity contribution is 6.18. The number of fused-ring (bicyclic) bond motifs is 6. The zero-order valence-corrected chi connectivity index (χ0v) is 26.5. The molecule has 0 bridgehead atoms. The smallest absolute Gasteiger partial charge is 0.165 e. The van der Waals surface area contributed by atoms with E-state index in [-0.39, 0.29) is 0 Å². The molecule has 10 aromatic rings. The lowest BCUT2D eigenvalue weighted by Crippen LogP contribution is -1.98. The largest absolute Gasteiger partial charge is 0.309 e. The van der Waals surface area contributed by atoms with E-state index in [2.05, 4.69) is 176 Å². The molecular formula is C44H29N5. The summed E-state index contributed by atoms with van der Waals surface area (Å²) in [4.78, 5) is 9.77. The summed E-state index contributed by atoms with van der Waals surface area (Å²) < 4.78 is 7.04. The first-order valence-corrected chi connectivity index (χ1v) is 16.5. The SMILES string of the molecule is c1ccc(-c2nc3c(c4cc5c(cc4n3-c3ccccc3)c3ccccc3n5-c3ccc(-c4cccnc4)cc3)n2-c2ccccc2)cc1. The van der Waals surface area contributed by atoms with E-state index < -0.39 is 0 Å². The third-order valence-corrected chi connectivity index (χ3v) is 9.54. The molecular weight excluding hydrogens is 599 g/mol. The Labute approximate surface area is 282 Å². The van der Waals surface area contributed by atoms with Gasteiger partial charge in [-0.05, 0) is 71.8 Å². The molecule has 49 heavy (non-hydrogen) atoms. The molecule has 0 unspecified atom stereocenters. The number of para-hydroxylation sites is 3. The summed E-state index contributed by atoms with van der Waals surface area (Å²) in [5.74, 6) is 0.912. The average Bonchev–Trinajstić information content (AvgIpc) is 3.82. The Morgan fingerprint density at radius 2 is 0.980 bits per heavy atom. The Hall–Kier alpha value is -6.72. The van der Waals surface area contributed by atoms with Crippen LogP contribution in [0.2, 0.25) is 0 Å². The van der Waals surface area contributed by atoms with Gasteiger partial charge in [0.25, 0.3) is 0 Å². The summed E-state index contributed by atoms with van der Waals surface area (Å²) in [5, 5.41) is 3.55. The lowest BCUT2D eigenvalue weighted by atomic mass is 10.1. The quantitative estimate of drug-likeness (QED) is 0.190. The normalized spacial score (nSPS) is 11.7. The highest BCUT2D eigenvalue weighted by Gasteiger charge is 2.25. The van der Waals surface area contributed by atoms with Crippen molar-refractivity contribution in [2.45, 2.75) is 0 Å². The molecule has 5 heteroatoms. The van der Waals surface area contributed by atoms with Gasteiger partial charge in [0.2, 0.25) is 0 Å². The van der Waals surface area contributed by atoms with E-state index in [0.29, 0.717) is 0 Å². The third kappa shape index (κ3) is 4.26. The van der Waals surface area contributed by atoms with E-state index in [9.17, 15) is 0 Å². The number of aromatic nitrogens is 5. The van der Waals surface area contributed by atoms with E-state index in [0.717, 1.165) is 67.2 Å². The van der Waals surface area contributed by atoms with Crippen LogP contribution in [0.3, 0.4) is 0 Å². The highest BCUT2D eigenvalue weighted by Crippen LogP contribution is 2.42. The van der Waals surface area contributed by atoms with Crippen molar-refractivity contribution in [1.82, 2.24) is 23.7 Å². The predicted octanol–water partition coefficient (Wildman–Crippen LogP) is 10.8. The second-order valence-electron chi connectivity index (χ2n) is 12.3. The zero-order valence-electron chi connectivity index (χ0n) is 26.5. The van der Waals surface area contributed by atoms with Crippen molar-refractivity contribution >= 4 is 43.9 Å². The Bertz CT molecular complexity index is 2780. The van der Waals surface area contributed by atoms with Gasteiger partial charge in [0, 0.05) is 51.2 Å². The molecule has 4 heterocycles. The maximum absolute atomic E-state index is 5.44. The number of benzene rings is 6. The topological polar surface area (TPSA) is 40.6 Å². The Balaban J connectivity index is 1.33. The van der Waals surface area contributed by atoms with Crippen molar-refractivity contribution < 1.29 is 0 Å². The second kappa shape index (κ2) is 10.9. The summed E-state index contributed by atoms with van der Waals surface area (Å²) in [6, 6.07) is 58.0. The Morgan fingerprint density at radius 1 is 0.388 bits per heavy atom. The van der Waals surface area contributed by atoms with Gasteiger partial charge in [-0.15, -0.1) is 0 Å². The standard InChI is InChI=1S/C44H29N5/c1-4-13-31(14-5-1)43-46-44-42(49(43)34-18-8-3-9-19-34)38-28-40-37(27-41(38)48(44)33-16-6-2-7-17-33)36-20-10-11-21-39(36)47(40)35-24-22-30(23-25-35)32-15-12-26-45-29-32/h1-29H. The van der Waals surface area contributed by atoms with Crippen LogP contribution in [0.4, 0.5) is 0 Å². The molecule has 4 aromatic heterocycles. The maximum Gasteiger partial charge on any atom is 0.165 e. The molecule has 5 nitrogen and oxygen atoms in total. The average molecular weight is 628 g/mol. The number of pyridine rings is 1. The summed E-state index contributed by atoms with van der Waals surface area (Å²) in [6.45, 7) is 0. The fraction of sp³-hybridized carbons (Fsp3) is 0. The third-order valence-electron chi connectivity index (χ3n) is 9.54. The predicted molar refractivity (Wildman–Crippen MR) is 201 cm³/mol. The molecule has 10 rings (SSSR count). The number of imidazole rings is 1. The van der Waals surface area contributed by atoms with E-state index in [1.54, 1.807) is 0 Å². The fourth-order valence-corrected chi connectivity index (χ4v) is 7.36. The van der Waals surface area contributed by atoms with Gasteiger partial charge in [-0.2, -0.15) is 0 Å². The molecule has 0 atom stereocenters. The zero-order chi connectivity index (χ0) is 32.3. The molecule has 230 valence electrons. The van der Waals surface area contributed by atoms with Crippen molar-refractivity contribution in [1.29, 1.82) is 0 Å². The van der Waals surface area contributed by atoms with Crippen LogP contribution < -0.4 is 0 Å². The van der Waals surface area contributed by atoms with Gasteiger partial charge in [0.15, 0.2) is 5.65 Å².